The highest BCUT2D eigenvalue weighted by Crippen LogP contribution is 2.18. The Hall–Kier alpha value is -4.57. The van der Waals surface area contributed by atoms with E-state index in [1.54, 1.807) is 61.5 Å². The van der Waals surface area contributed by atoms with Gasteiger partial charge in [0, 0.05) is 34.4 Å². The van der Waals surface area contributed by atoms with Gasteiger partial charge in [-0.1, -0.05) is 18.2 Å². The van der Waals surface area contributed by atoms with Crippen LogP contribution >= 0.6 is 0 Å². The number of benzene rings is 3. The van der Waals surface area contributed by atoms with Crippen LogP contribution < -0.4 is 15.4 Å². The maximum absolute atomic E-state index is 12.6. The van der Waals surface area contributed by atoms with Gasteiger partial charge in [0.05, 0.1) is 4.90 Å². The molecule has 9 nitrogen and oxygen atoms in total. The van der Waals surface area contributed by atoms with E-state index in [0.717, 1.165) is 0 Å². The Labute approximate surface area is 202 Å². The van der Waals surface area contributed by atoms with Crippen LogP contribution in [0.3, 0.4) is 0 Å². The molecule has 4 aromatic rings. The molecule has 0 bridgehead atoms. The van der Waals surface area contributed by atoms with Crippen LogP contribution in [0, 0.1) is 6.92 Å². The highest BCUT2D eigenvalue weighted by atomic mass is 32.2. The van der Waals surface area contributed by atoms with E-state index in [1.165, 1.54) is 30.5 Å². The van der Waals surface area contributed by atoms with E-state index in [4.69, 9.17) is 0 Å². The lowest BCUT2D eigenvalue weighted by Crippen LogP contribution is -2.16. The molecular formula is C25H21N5O4S. The Morgan fingerprint density at radius 2 is 1.26 bits per heavy atom. The third-order valence-corrected chi connectivity index (χ3v) is 6.23. The quantitative estimate of drug-likeness (QED) is 0.360. The van der Waals surface area contributed by atoms with E-state index in [-0.39, 0.29) is 22.7 Å². The van der Waals surface area contributed by atoms with Crippen molar-refractivity contribution in [3.8, 4) is 0 Å². The van der Waals surface area contributed by atoms with Crippen LogP contribution in [0.5, 0.6) is 0 Å². The third kappa shape index (κ3) is 6.06. The third-order valence-electron chi connectivity index (χ3n) is 4.88. The van der Waals surface area contributed by atoms with Gasteiger partial charge >= 0.3 is 0 Å². The summed E-state index contributed by atoms with van der Waals surface area (Å²) in [5.74, 6) is -0.653. The molecule has 0 aliphatic carbocycles. The van der Waals surface area contributed by atoms with Gasteiger partial charge in [-0.05, 0) is 73.7 Å². The van der Waals surface area contributed by atoms with Crippen molar-refractivity contribution in [1.29, 1.82) is 0 Å². The number of nitrogens with one attached hydrogen (secondary N) is 3. The van der Waals surface area contributed by atoms with Crippen LogP contribution in [-0.4, -0.2) is 30.2 Å². The SMILES string of the molecule is Cc1ccnc(NS(=O)(=O)c2ccc(NC(=O)c3ccc(NC(=O)c4ccccc4)cc3)cc2)n1. The fourth-order valence-electron chi connectivity index (χ4n) is 3.10. The molecule has 176 valence electrons. The second-order valence-corrected chi connectivity index (χ2v) is 9.19. The largest absolute Gasteiger partial charge is 0.322 e. The lowest BCUT2D eigenvalue weighted by atomic mass is 10.1. The van der Waals surface area contributed by atoms with Crippen molar-refractivity contribution in [3.63, 3.8) is 0 Å². The van der Waals surface area contributed by atoms with Gasteiger partial charge in [-0.25, -0.2) is 23.1 Å². The molecule has 0 spiro atoms. The Bertz CT molecular complexity index is 1460. The zero-order valence-electron chi connectivity index (χ0n) is 18.6. The molecule has 0 saturated heterocycles. The van der Waals surface area contributed by atoms with Gasteiger partial charge in [-0.15, -0.1) is 0 Å². The van der Waals surface area contributed by atoms with Crippen LogP contribution in [0.2, 0.25) is 0 Å². The van der Waals surface area contributed by atoms with Gasteiger partial charge in [-0.2, -0.15) is 0 Å². The summed E-state index contributed by atoms with van der Waals surface area (Å²) >= 11 is 0. The van der Waals surface area contributed by atoms with E-state index >= 15 is 0 Å². The number of nitrogens with zero attached hydrogens (tertiary/aromatic N) is 2. The number of anilines is 3. The van der Waals surface area contributed by atoms with Crippen LogP contribution in [0.25, 0.3) is 0 Å². The molecule has 1 heterocycles. The number of amides is 2. The summed E-state index contributed by atoms with van der Waals surface area (Å²) in [5, 5.41) is 5.49. The number of carbonyl (C=O) groups excluding carboxylic acids is 2. The molecular weight excluding hydrogens is 466 g/mol. The van der Waals surface area contributed by atoms with Gasteiger partial charge in [0.25, 0.3) is 21.8 Å². The zero-order chi connectivity index (χ0) is 24.8. The second kappa shape index (κ2) is 10.1. The van der Waals surface area contributed by atoms with E-state index in [1.807, 2.05) is 6.07 Å². The summed E-state index contributed by atoms with van der Waals surface area (Å²) in [6.45, 7) is 1.73. The normalized spacial score (nSPS) is 10.9. The first-order valence-electron chi connectivity index (χ1n) is 10.5. The molecule has 35 heavy (non-hydrogen) atoms. The number of carbonyl (C=O) groups is 2. The molecule has 0 atom stereocenters. The Balaban J connectivity index is 1.38. The van der Waals surface area contributed by atoms with Gasteiger partial charge in [0.15, 0.2) is 0 Å². The van der Waals surface area contributed by atoms with Crippen molar-refractivity contribution >= 4 is 39.2 Å². The minimum absolute atomic E-state index is 0.000819. The summed E-state index contributed by atoms with van der Waals surface area (Å²) in [4.78, 5) is 32.7. The van der Waals surface area contributed by atoms with Crippen molar-refractivity contribution in [2.45, 2.75) is 11.8 Å². The monoisotopic (exact) mass is 487 g/mol. The Morgan fingerprint density at radius 1 is 0.714 bits per heavy atom. The van der Waals surface area contributed by atoms with Gasteiger partial charge in [0.1, 0.15) is 0 Å². The first-order valence-corrected chi connectivity index (χ1v) is 12.0. The molecule has 0 saturated carbocycles. The highest BCUT2D eigenvalue weighted by molar-refractivity contribution is 7.92. The zero-order valence-corrected chi connectivity index (χ0v) is 19.4. The summed E-state index contributed by atoms with van der Waals surface area (Å²) in [5.41, 5.74) is 2.50. The molecule has 0 radical (unpaired) electrons. The number of aryl methyl sites for hydroxylation is 1. The molecule has 4 rings (SSSR count). The lowest BCUT2D eigenvalue weighted by Gasteiger charge is -2.09. The van der Waals surface area contributed by atoms with E-state index in [0.29, 0.717) is 28.2 Å². The van der Waals surface area contributed by atoms with Crippen molar-refractivity contribution in [3.05, 3.63) is 108 Å². The summed E-state index contributed by atoms with van der Waals surface area (Å²) in [6, 6.07) is 22.6. The standard InChI is InChI=1S/C25H21N5O4S/c1-17-15-16-26-25(27-17)30-35(33,34)22-13-11-21(12-14-22)29-24(32)19-7-9-20(10-8-19)28-23(31)18-5-3-2-4-6-18/h2-16H,1H3,(H,28,31)(H,29,32)(H,26,27,30). The van der Waals surface area contributed by atoms with Crippen LogP contribution in [0.15, 0.2) is 96.0 Å². The van der Waals surface area contributed by atoms with Crippen molar-refractivity contribution in [2.24, 2.45) is 0 Å². The summed E-state index contributed by atoms with van der Waals surface area (Å²) in [6.07, 6.45) is 1.46. The molecule has 2 amide bonds. The predicted molar refractivity (Wildman–Crippen MR) is 133 cm³/mol. The van der Waals surface area contributed by atoms with Crippen LogP contribution in [-0.2, 0) is 10.0 Å². The molecule has 1 aromatic heterocycles. The van der Waals surface area contributed by atoms with E-state index < -0.39 is 10.0 Å². The van der Waals surface area contributed by atoms with E-state index in [2.05, 4.69) is 25.3 Å². The minimum atomic E-state index is -3.88. The lowest BCUT2D eigenvalue weighted by molar-refractivity contribution is 0.102. The van der Waals surface area contributed by atoms with Gasteiger partial charge in [0.2, 0.25) is 5.95 Å². The topological polar surface area (TPSA) is 130 Å². The average molecular weight is 488 g/mol. The summed E-state index contributed by atoms with van der Waals surface area (Å²) < 4.78 is 27.4. The maximum atomic E-state index is 12.6. The van der Waals surface area contributed by atoms with Crippen molar-refractivity contribution < 1.29 is 18.0 Å². The first-order chi connectivity index (χ1) is 16.8. The number of aromatic nitrogens is 2. The molecule has 0 unspecified atom stereocenters. The number of hydrogen-bond acceptors (Lipinski definition) is 6. The number of sulfonamides is 1. The fourth-order valence-corrected chi connectivity index (χ4v) is 4.05. The predicted octanol–water partition coefficient (Wildman–Crippen LogP) is 4.09. The molecule has 3 aromatic carbocycles. The Kier molecular flexibility index (Phi) is 6.83. The highest BCUT2D eigenvalue weighted by Gasteiger charge is 2.16. The molecule has 10 heteroatoms. The van der Waals surface area contributed by atoms with Crippen molar-refractivity contribution in [1.82, 2.24) is 9.97 Å². The Morgan fingerprint density at radius 3 is 1.83 bits per heavy atom. The first kappa shape index (κ1) is 23.6. The van der Waals surface area contributed by atoms with Crippen LogP contribution in [0.1, 0.15) is 26.4 Å². The smallest absolute Gasteiger partial charge is 0.264 e. The average Bonchev–Trinajstić information content (AvgIpc) is 2.85. The van der Waals surface area contributed by atoms with E-state index in [9.17, 15) is 18.0 Å². The molecule has 0 aliphatic heterocycles. The van der Waals surface area contributed by atoms with Gasteiger partial charge in [-0.3, -0.25) is 9.59 Å². The van der Waals surface area contributed by atoms with Crippen LogP contribution in [0.4, 0.5) is 17.3 Å². The fraction of sp³-hybridized carbons (Fsp3) is 0.0400. The molecule has 3 N–H and O–H groups in total. The number of rotatable bonds is 7. The summed E-state index contributed by atoms with van der Waals surface area (Å²) in [7, 11) is -3.88. The minimum Gasteiger partial charge on any atom is -0.322 e. The number of hydrogen-bond donors (Lipinski definition) is 3. The second-order valence-electron chi connectivity index (χ2n) is 7.50. The van der Waals surface area contributed by atoms with Crippen molar-refractivity contribution in [2.75, 3.05) is 15.4 Å². The maximum Gasteiger partial charge on any atom is 0.264 e. The molecule has 0 fully saturated rings. The molecule has 0 aliphatic rings. The van der Waals surface area contributed by atoms with Gasteiger partial charge < -0.3 is 10.6 Å².